The fourth-order valence-electron chi connectivity index (χ4n) is 4.81. The van der Waals surface area contributed by atoms with Crippen molar-refractivity contribution in [3.05, 3.63) is 102 Å². The molecule has 2 N–H and O–H groups in total. The number of ether oxygens (including phenoxy) is 1. The van der Waals surface area contributed by atoms with Crippen molar-refractivity contribution in [2.24, 2.45) is 0 Å². The molecule has 0 aliphatic carbocycles. The number of amides is 1. The first-order valence-electron chi connectivity index (χ1n) is 12.5. The lowest BCUT2D eigenvalue weighted by Gasteiger charge is -2.29. The third-order valence-electron chi connectivity index (χ3n) is 6.69. The first-order valence-corrected chi connectivity index (χ1v) is 13.0. The highest BCUT2D eigenvalue weighted by Crippen LogP contribution is 2.44. The molecule has 1 amide bonds. The summed E-state index contributed by atoms with van der Waals surface area (Å²) in [6, 6.07) is 18.8. The number of carbonyl (C=O) groups is 1. The summed E-state index contributed by atoms with van der Waals surface area (Å²) < 4.78 is 47.9. The number of methoxy groups -OCH3 is 1. The SMILES string of the molecule is CCC(=O)Nc1ccc(N2C(=S)N[C@@H](c3ccccn3)[C@H]2c2cccn2-c2cccc(C(F)(F)F)c2)cc1OC. The summed E-state index contributed by atoms with van der Waals surface area (Å²) in [4.78, 5) is 18.5. The minimum atomic E-state index is -4.48. The molecule has 2 atom stereocenters. The average molecular weight is 566 g/mol. The van der Waals surface area contributed by atoms with Crippen molar-refractivity contribution in [2.75, 3.05) is 17.3 Å². The molecule has 5 rings (SSSR count). The van der Waals surface area contributed by atoms with Gasteiger partial charge in [0.05, 0.1) is 30.1 Å². The number of hydrogen-bond acceptors (Lipinski definition) is 4. The molecule has 0 bridgehead atoms. The normalized spacial score (nSPS) is 17.0. The van der Waals surface area contributed by atoms with E-state index in [4.69, 9.17) is 17.0 Å². The quantitative estimate of drug-likeness (QED) is 0.252. The number of carbonyl (C=O) groups excluding carboxylic acids is 1. The van der Waals surface area contributed by atoms with Crippen molar-refractivity contribution in [1.82, 2.24) is 14.9 Å². The minimum Gasteiger partial charge on any atom is -0.494 e. The van der Waals surface area contributed by atoms with E-state index >= 15 is 0 Å². The molecular weight excluding hydrogens is 539 g/mol. The van der Waals surface area contributed by atoms with Crippen LogP contribution in [0.3, 0.4) is 0 Å². The van der Waals surface area contributed by atoms with Crippen LogP contribution >= 0.6 is 12.2 Å². The van der Waals surface area contributed by atoms with Gasteiger partial charge in [-0.05, 0) is 66.8 Å². The van der Waals surface area contributed by atoms with Crippen LogP contribution in [-0.2, 0) is 11.0 Å². The van der Waals surface area contributed by atoms with Gasteiger partial charge in [0.25, 0.3) is 0 Å². The molecule has 1 aliphatic heterocycles. The summed E-state index contributed by atoms with van der Waals surface area (Å²) in [6.45, 7) is 1.76. The second-order valence-electron chi connectivity index (χ2n) is 9.13. The molecule has 1 aliphatic rings. The Morgan fingerprint density at radius 1 is 1.07 bits per heavy atom. The third kappa shape index (κ3) is 5.24. The maximum absolute atomic E-state index is 13.5. The van der Waals surface area contributed by atoms with E-state index in [1.807, 2.05) is 35.2 Å². The lowest BCUT2D eigenvalue weighted by molar-refractivity contribution is -0.137. The van der Waals surface area contributed by atoms with Gasteiger partial charge < -0.3 is 24.8 Å². The van der Waals surface area contributed by atoms with E-state index in [2.05, 4.69) is 15.6 Å². The summed E-state index contributed by atoms with van der Waals surface area (Å²) in [5.41, 5.74) is 2.22. The van der Waals surface area contributed by atoms with Crippen LogP contribution < -0.4 is 20.3 Å². The van der Waals surface area contributed by atoms with E-state index in [1.165, 1.54) is 13.2 Å². The largest absolute Gasteiger partial charge is 0.494 e. The second kappa shape index (κ2) is 11.0. The summed E-state index contributed by atoms with van der Waals surface area (Å²) in [7, 11) is 1.51. The number of pyridine rings is 1. The Labute approximate surface area is 234 Å². The van der Waals surface area contributed by atoms with Crippen molar-refractivity contribution < 1.29 is 22.7 Å². The Kier molecular flexibility index (Phi) is 7.49. The Morgan fingerprint density at radius 3 is 2.60 bits per heavy atom. The fourth-order valence-corrected chi connectivity index (χ4v) is 5.15. The van der Waals surface area contributed by atoms with E-state index in [0.29, 0.717) is 45.7 Å². The number of halogens is 3. The minimum absolute atomic E-state index is 0.156. The van der Waals surface area contributed by atoms with Gasteiger partial charge in [0.15, 0.2) is 5.11 Å². The molecule has 1 saturated heterocycles. The molecule has 2 aromatic carbocycles. The van der Waals surface area contributed by atoms with Gasteiger partial charge in [-0.1, -0.05) is 19.1 Å². The number of anilines is 2. The third-order valence-corrected chi connectivity index (χ3v) is 7.01. The van der Waals surface area contributed by atoms with Crippen LogP contribution in [0, 0.1) is 0 Å². The number of thiocarbonyl (C=S) groups is 1. The van der Waals surface area contributed by atoms with Crippen molar-refractivity contribution in [2.45, 2.75) is 31.6 Å². The summed E-state index contributed by atoms with van der Waals surface area (Å²) in [5.74, 6) is 0.284. The Hall–Kier alpha value is -4.38. The number of rotatable bonds is 7. The van der Waals surface area contributed by atoms with E-state index in [9.17, 15) is 18.0 Å². The maximum atomic E-state index is 13.5. The zero-order chi connectivity index (χ0) is 28.4. The number of benzene rings is 2. The molecule has 0 spiro atoms. The Balaban J connectivity index is 1.63. The highest BCUT2D eigenvalue weighted by atomic mass is 32.1. The lowest BCUT2D eigenvalue weighted by atomic mass is 10.0. The summed E-state index contributed by atoms with van der Waals surface area (Å²) in [6.07, 6.45) is -0.761. The molecule has 4 aromatic rings. The van der Waals surface area contributed by atoms with Gasteiger partial charge in [-0.15, -0.1) is 0 Å². The lowest BCUT2D eigenvalue weighted by Crippen LogP contribution is -2.30. The second-order valence-corrected chi connectivity index (χ2v) is 9.52. The number of nitrogens with zero attached hydrogens (tertiary/aromatic N) is 3. The van der Waals surface area contributed by atoms with Crippen LogP contribution in [0.4, 0.5) is 24.5 Å². The van der Waals surface area contributed by atoms with Gasteiger partial charge in [0, 0.05) is 41.9 Å². The predicted octanol–water partition coefficient (Wildman–Crippen LogP) is 6.43. The van der Waals surface area contributed by atoms with Crippen LogP contribution in [0.25, 0.3) is 5.69 Å². The van der Waals surface area contributed by atoms with Crippen LogP contribution in [0.15, 0.2) is 85.2 Å². The highest BCUT2D eigenvalue weighted by molar-refractivity contribution is 7.80. The smallest absolute Gasteiger partial charge is 0.416 e. The molecule has 0 radical (unpaired) electrons. The van der Waals surface area contributed by atoms with Gasteiger partial charge in [-0.3, -0.25) is 9.78 Å². The predicted molar refractivity (Wildman–Crippen MR) is 151 cm³/mol. The first-order chi connectivity index (χ1) is 19.2. The standard InChI is InChI=1S/C29H26F3N5O2S/c1-3-25(38)34-21-13-12-20(17-24(21)39-2)37-27(26(35-28(37)40)22-10-4-5-14-33-22)23-11-7-15-36(23)19-9-6-8-18(16-19)29(30,31)32/h4-17,26-27H,3H2,1-2H3,(H,34,38)(H,35,40)/t26-,27+/m0/s1. The molecule has 2 aromatic heterocycles. The Morgan fingerprint density at radius 2 is 1.90 bits per heavy atom. The number of alkyl halides is 3. The molecule has 3 heterocycles. The van der Waals surface area contributed by atoms with Crippen molar-refractivity contribution in [3.63, 3.8) is 0 Å². The van der Waals surface area contributed by atoms with E-state index in [1.54, 1.807) is 48.1 Å². The van der Waals surface area contributed by atoms with E-state index in [0.717, 1.165) is 12.1 Å². The highest BCUT2D eigenvalue weighted by Gasteiger charge is 2.42. The number of nitrogens with one attached hydrogen (secondary N) is 2. The molecule has 0 unspecified atom stereocenters. The molecule has 1 fully saturated rings. The van der Waals surface area contributed by atoms with Crippen LogP contribution in [0.5, 0.6) is 5.75 Å². The molecule has 206 valence electrons. The van der Waals surface area contributed by atoms with Gasteiger partial charge in [0.2, 0.25) is 5.91 Å². The molecule has 11 heteroatoms. The van der Waals surface area contributed by atoms with Gasteiger partial charge in [-0.2, -0.15) is 13.2 Å². The summed E-state index contributed by atoms with van der Waals surface area (Å²) >= 11 is 5.80. The molecule has 7 nitrogen and oxygen atoms in total. The van der Waals surface area contributed by atoms with E-state index in [-0.39, 0.29) is 5.91 Å². The van der Waals surface area contributed by atoms with Crippen molar-refractivity contribution in [3.8, 4) is 11.4 Å². The molecule has 40 heavy (non-hydrogen) atoms. The Bertz CT molecular complexity index is 1540. The van der Waals surface area contributed by atoms with Gasteiger partial charge in [0.1, 0.15) is 11.8 Å². The topological polar surface area (TPSA) is 71.4 Å². The molecular formula is C29H26F3N5O2S. The van der Waals surface area contributed by atoms with Gasteiger partial charge >= 0.3 is 6.18 Å². The fraction of sp³-hybridized carbons (Fsp3) is 0.207. The number of hydrogen-bond donors (Lipinski definition) is 2. The zero-order valence-electron chi connectivity index (χ0n) is 21.6. The first kappa shape index (κ1) is 27.2. The van der Waals surface area contributed by atoms with Crippen LogP contribution in [0.1, 0.15) is 42.4 Å². The van der Waals surface area contributed by atoms with Crippen molar-refractivity contribution in [1.29, 1.82) is 0 Å². The van der Waals surface area contributed by atoms with Crippen LogP contribution in [0.2, 0.25) is 0 Å². The average Bonchev–Trinajstić information content (AvgIpc) is 3.57. The number of aromatic nitrogens is 2. The van der Waals surface area contributed by atoms with Gasteiger partial charge in [-0.25, -0.2) is 0 Å². The summed E-state index contributed by atoms with van der Waals surface area (Å²) in [5, 5.41) is 6.59. The van der Waals surface area contributed by atoms with Crippen molar-refractivity contribution >= 4 is 34.6 Å². The zero-order valence-corrected chi connectivity index (χ0v) is 22.5. The maximum Gasteiger partial charge on any atom is 0.416 e. The van der Waals surface area contributed by atoms with E-state index < -0.39 is 23.8 Å². The monoisotopic (exact) mass is 565 g/mol. The molecule has 0 saturated carbocycles. The van der Waals surface area contributed by atoms with Crippen LogP contribution in [-0.4, -0.2) is 27.7 Å².